The highest BCUT2D eigenvalue weighted by Gasteiger charge is 2.28. The Bertz CT molecular complexity index is 799. The third-order valence-electron chi connectivity index (χ3n) is 5.86. The van der Waals surface area contributed by atoms with Gasteiger partial charge in [0.05, 0.1) is 21.3 Å². The summed E-state index contributed by atoms with van der Waals surface area (Å²) < 4.78 is 16.6. The van der Waals surface area contributed by atoms with Gasteiger partial charge in [0.2, 0.25) is 0 Å². The van der Waals surface area contributed by atoms with Crippen LogP contribution in [0.25, 0.3) is 11.1 Å². The molecule has 1 unspecified atom stereocenters. The molecule has 0 radical (unpaired) electrons. The second-order valence-electron chi connectivity index (χ2n) is 7.78. The van der Waals surface area contributed by atoms with Gasteiger partial charge in [-0.25, -0.2) is 0 Å². The summed E-state index contributed by atoms with van der Waals surface area (Å²) >= 11 is 0. The van der Waals surface area contributed by atoms with Crippen LogP contribution >= 0.6 is 0 Å². The zero-order valence-electron chi connectivity index (χ0n) is 17.5. The van der Waals surface area contributed by atoms with Crippen molar-refractivity contribution in [1.82, 2.24) is 0 Å². The van der Waals surface area contributed by atoms with Crippen molar-refractivity contribution in [2.75, 3.05) is 27.9 Å². The molecule has 152 valence electrons. The lowest BCUT2D eigenvalue weighted by atomic mass is 9.74. The van der Waals surface area contributed by atoms with Crippen molar-refractivity contribution in [2.45, 2.75) is 44.9 Å². The molecule has 0 saturated carbocycles. The summed E-state index contributed by atoms with van der Waals surface area (Å²) in [5, 5.41) is 9.05. The van der Waals surface area contributed by atoms with Gasteiger partial charge in [0.1, 0.15) is 5.75 Å². The zero-order chi connectivity index (χ0) is 20.1. The molecule has 0 heterocycles. The molecule has 3 rings (SSSR count). The van der Waals surface area contributed by atoms with E-state index in [9.17, 15) is 0 Å². The third-order valence-corrected chi connectivity index (χ3v) is 5.86. The van der Waals surface area contributed by atoms with Crippen molar-refractivity contribution < 1.29 is 19.3 Å². The van der Waals surface area contributed by atoms with Crippen LogP contribution in [-0.4, -0.2) is 33.0 Å². The van der Waals surface area contributed by atoms with Crippen molar-refractivity contribution >= 4 is 0 Å². The quantitative estimate of drug-likeness (QED) is 0.603. The van der Waals surface area contributed by atoms with Crippen LogP contribution in [0.2, 0.25) is 0 Å². The Morgan fingerprint density at radius 2 is 1.71 bits per heavy atom. The number of unbranched alkanes of at least 4 members (excludes halogenated alkanes) is 1. The largest absolute Gasteiger partial charge is 0.497 e. The topological polar surface area (TPSA) is 47.9 Å². The van der Waals surface area contributed by atoms with Gasteiger partial charge >= 0.3 is 0 Å². The first-order valence-electron chi connectivity index (χ1n) is 10.1. The van der Waals surface area contributed by atoms with Crippen molar-refractivity contribution in [3.63, 3.8) is 0 Å². The lowest BCUT2D eigenvalue weighted by Gasteiger charge is -2.31. The van der Waals surface area contributed by atoms with Gasteiger partial charge in [0.25, 0.3) is 0 Å². The Hall–Kier alpha value is -2.20. The number of aliphatic hydroxyl groups is 1. The van der Waals surface area contributed by atoms with Gasteiger partial charge in [-0.15, -0.1) is 0 Å². The fourth-order valence-electron chi connectivity index (χ4n) is 4.37. The van der Waals surface area contributed by atoms with Crippen LogP contribution < -0.4 is 14.2 Å². The molecule has 1 aliphatic rings. The Morgan fingerprint density at radius 1 is 0.964 bits per heavy atom. The lowest BCUT2D eigenvalue weighted by molar-refractivity contribution is 0.276. The van der Waals surface area contributed by atoms with E-state index in [4.69, 9.17) is 19.3 Å². The van der Waals surface area contributed by atoms with Gasteiger partial charge in [0, 0.05) is 6.61 Å². The van der Waals surface area contributed by atoms with Crippen LogP contribution in [0.1, 0.15) is 49.7 Å². The summed E-state index contributed by atoms with van der Waals surface area (Å²) in [6.45, 7) is 2.60. The fourth-order valence-corrected chi connectivity index (χ4v) is 4.37. The molecule has 0 saturated heterocycles. The molecule has 0 aliphatic heterocycles. The first-order chi connectivity index (χ1) is 13.6. The second kappa shape index (κ2) is 9.33. The standard InChI is InChI=1S/C24H32O4/c1-16(7-5-6-10-25)11-18-12-17-8-9-19(26-2)13-20(17)22-15-24(28-4)23(27-3)14-21(18)22/h8-9,13-16,18,25H,5-7,10-12H2,1-4H3/t16-,18?/m1/s1. The molecule has 0 amide bonds. The molecule has 4 heteroatoms. The van der Waals surface area contributed by atoms with E-state index in [1.54, 1.807) is 21.3 Å². The SMILES string of the molecule is COc1ccc2c(c1)-c1cc(OC)c(OC)cc1C(C[C@H](C)CCCCO)C2. The number of aliphatic hydroxyl groups excluding tert-OH is 1. The smallest absolute Gasteiger partial charge is 0.161 e. The molecule has 1 N–H and O–H groups in total. The van der Waals surface area contributed by atoms with Gasteiger partial charge in [-0.1, -0.05) is 25.8 Å². The van der Waals surface area contributed by atoms with Crippen LogP contribution in [0.4, 0.5) is 0 Å². The highest BCUT2D eigenvalue weighted by Crippen LogP contribution is 2.47. The second-order valence-corrected chi connectivity index (χ2v) is 7.78. The van der Waals surface area contributed by atoms with Crippen molar-refractivity contribution in [3.05, 3.63) is 41.5 Å². The summed E-state index contributed by atoms with van der Waals surface area (Å²) in [7, 11) is 5.08. The molecule has 2 aromatic rings. The number of hydrogen-bond acceptors (Lipinski definition) is 4. The minimum Gasteiger partial charge on any atom is -0.497 e. The number of benzene rings is 2. The highest BCUT2D eigenvalue weighted by molar-refractivity contribution is 5.78. The Morgan fingerprint density at radius 3 is 2.39 bits per heavy atom. The highest BCUT2D eigenvalue weighted by atomic mass is 16.5. The molecule has 0 bridgehead atoms. The van der Waals surface area contributed by atoms with Gasteiger partial charge in [-0.3, -0.25) is 0 Å². The minimum atomic E-state index is 0.283. The Labute approximate surface area is 168 Å². The summed E-state index contributed by atoms with van der Waals surface area (Å²) in [5.74, 6) is 3.46. The average molecular weight is 385 g/mol. The molecule has 1 aliphatic carbocycles. The van der Waals surface area contributed by atoms with E-state index in [0.29, 0.717) is 11.8 Å². The molecular formula is C24H32O4. The molecule has 2 aromatic carbocycles. The fraction of sp³-hybridized carbons (Fsp3) is 0.500. The van der Waals surface area contributed by atoms with Gasteiger partial charge in [0.15, 0.2) is 11.5 Å². The summed E-state index contributed by atoms with van der Waals surface area (Å²) in [6.07, 6.45) is 5.26. The molecule has 0 aromatic heterocycles. The van der Waals surface area contributed by atoms with Gasteiger partial charge in [-0.05, 0) is 77.6 Å². The van der Waals surface area contributed by atoms with E-state index in [1.807, 2.05) is 6.07 Å². The Kier molecular flexibility index (Phi) is 6.84. The van der Waals surface area contributed by atoms with Crippen molar-refractivity contribution in [3.8, 4) is 28.4 Å². The van der Waals surface area contributed by atoms with Crippen LogP contribution in [0, 0.1) is 5.92 Å². The monoisotopic (exact) mass is 384 g/mol. The van der Waals surface area contributed by atoms with E-state index >= 15 is 0 Å². The molecule has 0 fully saturated rings. The lowest BCUT2D eigenvalue weighted by Crippen LogP contribution is -2.15. The van der Waals surface area contributed by atoms with E-state index in [-0.39, 0.29) is 6.61 Å². The summed E-state index contributed by atoms with van der Waals surface area (Å²) in [6, 6.07) is 10.6. The zero-order valence-corrected chi connectivity index (χ0v) is 17.5. The van der Waals surface area contributed by atoms with Crippen molar-refractivity contribution in [2.24, 2.45) is 5.92 Å². The van der Waals surface area contributed by atoms with Crippen LogP contribution in [0.15, 0.2) is 30.3 Å². The predicted octanol–water partition coefficient (Wildman–Crippen LogP) is 5.21. The first-order valence-corrected chi connectivity index (χ1v) is 10.1. The van der Waals surface area contributed by atoms with E-state index in [1.165, 1.54) is 22.3 Å². The maximum absolute atomic E-state index is 9.05. The maximum atomic E-state index is 9.05. The summed E-state index contributed by atoms with van der Waals surface area (Å²) in [5.41, 5.74) is 5.12. The predicted molar refractivity (Wildman–Crippen MR) is 113 cm³/mol. The molecule has 28 heavy (non-hydrogen) atoms. The van der Waals surface area contributed by atoms with E-state index < -0.39 is 0 Å². The number of hydrogen-bond donors (Lipinski definition) is 1. The van der Waals surface area contributed by atoms with Crippen LogP contribution in [0.3, 0.4) is 0 Å². The van der Waals surface area contributed by atoms with Crippen LogP contribution in [-0.2, 0) is 6.42 Å². The molecule has 2 atom stereocenters. The first kappa shape index (κ1) is 20.5. The van der Waals surface area contributed by atoms with Gasteiger partial charge in [-0.2, -0.15) is 0 Å². The van der Waals surface area contributed by atoms with Gasteiger partial charge < -0.3 is 19.3 Å². The normalized spacial score (nSPS) is 16.1. The molecular weight excluding hydrogens is 352 g/mol. The minimum absolute atomic E-state index is 0.283. The maximum Gasteiger partial charge on any atom is 0.161 e. The molecule has 4 nitrogen and oxygen atoms in total. The number of methoxy groups -OCH3 is 3. The van der Waals surface area contributed by atoms with E-state index in [2.05, 4.69) is 31.2 Å². The molecule has 0 spiro atoms. The number of rotatable bonds is 9. The van der Waals surface area contributed by atoms with Crippen LogP contribution in [0.5, 0.6) is 17.2 Å². The third kappa shape index (κ3) is 4.27. The number of ether oxygens (including phenoxy) is 3. The van der Waals surface area contributed by atoms with Crippen molar-refractivity contribution in [1.29, 1.82) is 0 Å². The average Bonchev–Trinajstić information content (AvgIpc) is 2.72. The van der Waals surface area contributed by atoms with E-state index in [0.717, 1.165) is 49.4 Å². The summed E-state index contributed by atoms with van der Waals surface area (Å²) in [4.78, 5) is 0. The Balaban J connectivity index is 1.99. The number of fused-ring (bicyclic) bond motifs is 3.